The van der Waals surface area contributed by atoms with Crippen LogP contribution in [0.5, 0.6) is 0 Å². The summed E-state index contributed by atoms with van der Waals surface area (Å²) in [6, 6.07) is 4.98. The number of hydrogen-bond acceptors (Lipinski definition) is 4. The van der Waals surface area contributed by atoms with Gasteiger partial charge in [0.15, 0.2) is 5.82 Å². The monoisotopic (exact) mass is 299 g/mol. The number of aromatic nitrogens is 3. The normalized spacial score (nSPS) is 11.5. The molecule has 5 nitrogen and oxygen atoms in total. The molecule has 0 amide bonds. The SMILES string of the molecule is CCOC(=O)c1nc(-c2ccccc2C(F)(F)F)n(C)n1. The van der Waals surface area contributed by atoms with E-state index in [4.69, 9.17) is 4.74 Å². The Morgan fingerprint density at radius 1 is 1.33 bits per heavy atom. The van der Waals surface area contributed by atoms with Gasteiger partial charge in [-0.1, -0.05) is 18.2 Å². The third-order valence-corrected chi connectivity index (χ3v) is 2.69. The average Bonchev–Trinajstić information content (AvgIpc) is 2.80. The third-order valence-electron chi connectivity index (χ3n) is 2.69. The van der Waals surface area contributed by atoms with Gasteiger partial charge < -0.3 is 4.74 Å². The van der Waals surface area contributed by atoms with Gasteiger partial charge in [0.25, 0.3) is 5.82 Å². The Bertz CT molecular complexity index is 665. The van der Waals surface area contributed by atoms with Crippen LogP contribution in [0.15, 0.2) is 24.3 Å². The van der Waals surface area contributed by atoms with E-state index in [-0.39, 0.29) is 23.8 Å². The van der Waals surface area contributed by atoms with Crippen LogP contribution in [0.1, 0.15) is 23.1 Å². The van der Waals surface area contributed by atoms with Crippen LogP contribution < -0.4 is 0 Å². The molecule has 112 valence electrons. The van der Waals surface area contributed by atoms with Gasteiger partial charge in [-0.3, -0.25) is 0 Å². The van der Waals surface area contributed by atoms with E-state index in [9.17, 15) is 18.0 Å². The maximum Gasteiger partial charge on any atom is 0.417 e. The van der Waals surface area contributed by atoms with E-state index in [1.54, 1.807) is 6.92 Å². The van der Waals surface area contributed by atoms with Crippen molar-refractivity contribution >= 4 is 5.97 Å². The Labute approximate surface area is 118 Å². The van der Waals surface area contributed by atoms with Gasteiger partial charge in [0.05, 0.1) is 12.2 Å². The van der Waals surface area contributed by atoms with E-state index >= 15 is 0 Å². The van der Waals surface area contributed by atoms with Gasteiger partial charge in [0.2, 0.25) is 0 Å². The van der Waals surface area contributed by atoms with Crippen LogP contribution in [0.25, 0.3) is 11.4 Å². The van der Waals surface area contributed by atoms with E-state index < -0.39 is 17.7 Å². The highest BCUT2D eigenvalue weighted by molar-refractivity contribution is 5.85. The summed E-state index contributed by atoms with van der Waals surface area (Å²) < 4.78 is 44.9. The standard InChI is InChI=1S/C13H12F3N3O2/c1-3-21-12(20)10-17-11(19(2)18-10)8-6-4-5-7-9(8)13(14,15)16/h4-7H,3H2,1-2H3. The van der Waals surface area contributed by atoms with Crippen molar-refractivity contribution in [2.75, 3.05) is 6.61 Å². The quantitative estimate of drug-likeness (QED) is 0.818. The maximum atomic E-state index is 13.0. The largest absolute Gasteiger partial charge is 0.460 e. The highest BCUT2D eigenvalue weighted by atomic mass is 19.4. The van der Waals surface area contributed by atoms with Crippen molar-refractivity contribution in [2.24, 2.45) is 7.05 Å². The zero-order valence-corrected chi connectivity index (χ0v) is 11.3. The minimum Gasteiger partial charge on any atom is -0.460 e. The molecule has 0 aliphatic heterocycles. The molecule has 2 aromatic rings. The molecular weight excluding hydrogens is 287 g/mol. The zero-order valence-electron chi connectivity index (χ0n) is 11.3. The van der Waals surface area contributed by atoms with Crippen molar-refractivity contribution in [3.63, 3.8) is 0 Å². The molecule has 21 heavy (non-hydrogen) atoms. The van der Waals surface area contributed by atoms with E-state index in [2.05, 4.69) is 10.1 Å². The van der Waals surface area contributed by atoms with Crippen LogP contribution in [-0.4, -0.2) is 27.3 Å². The number of ether oxygens (including phenoxy) is 1. The first kappa shape index (κ1) is 15.0. The molecule has 0 saturated carbocycles. The van der Waals surface area contributed by atoms with E-state index in [0.29, 0.717) is 0 Å². The summed E-state index contributed by atoms with van der Waals surface area (Å²) >= 11 is 0. The number of carbonyl (C=O) groups excluding carboxylic acids is 1. The van der Waals surface area contributed by atoms with Crippen molar-refractivity contribution in [2.45, 2.75) is 13.1 Å². The fourth-order valence-electron chi connectivity index (χ4n) is 1.83. The second kappa shape index (κ2) is 5.55. The number of benzene rings is 1. The van der Waals surface area contributed by atoms with Crippen LogP contribution >= 0.6 is 0 Å². The van der Waals surface area contributed by atoms with Gasteiger partial charge in [-0.25, -0.2) is 14.5 Å². The Hall–Kier alpha value is -2.38. The van der Waals surface area contributed by atoms with Gasteiger partial charge in [0, 0.05) is 12.6 Å². The fraction of sp³-hybridized carbons (Fsp3) is 0.308. The van der Waals surface area contributed by atoms with E-state index in [0.717, 1.165) is 10.7 Å². The highest BCUT2D eigenvalue weighted by Crippen LogP contribution is 2.36. The molecule has 0 radical (unpaired) electrons. The molecule has 1 aromatic carbocycles. The smallest absolute Gasteiger partial charge is 0.417 e. The summed E-state index contributed by atoms with van der Waals surface area (Å²) in [4.78, 5) is 15.4. The van der Waals surface area contributed by atoms with E-state index in [1.165, 1.54) is 25.2 Å². The van der Waals surface area contributed by atoms with E-state index in [1.807, 2.05) is 0 Å². The molecule has 0 unspecified atom stereocenters. The fourth-order valence-corrected chi connectivity index (χ4v) is 1.83. The second-order valence-corrected chi connectivity index (χ2v) is 4.15. The summed E-state index contributed by atoms with van der Waals surface area (Å²) in [5, 5.41) is 3.79. The molecule has 0 bridgehead atoms. The van der Waals surface area contributed by atoms with Crippen molar-refractivity contribution in [3.8, 4) is 11.4 Å². The predicted octanol–water partition coefficient (Wildman–Crippen LogP) is 2.68. The lowest BCUT2D eigenvalue weighted by atomic mass is 10.1. The molecule has 0 fully saturated rings. The molecule has 0 spiro atoms. The van der Waals surface area contributed by atoms with Crippen molar-refractivity contribution in [3.05, 3.63) is 35.7 Å². The third kappa shape index (κ3) is 3.04. The molecule has 2 rings (SSSR count). The Morgan fingerprint density at radius 2 is 2.00 bits per heavy atom. The maximum absolute atomic E-state index is 13.0. The Morgan fingerprint density at radius 3 is 2.62 bits per heavy atom. The van der Waals surface area contributed by atoms with Crippen LogP contribution in [0.3, 0.4) is 0 Å². The number of halogens is 3. The molecule has 0 saturated heterocycles. The lowest BCUT2D eigenvalue weighted by Gasteiger charge is -2.11. The molecule has 1 aromatic heterocycles. The molecule has 1 heterocycles. The van der Waals surface area contributed by atoms with Gasteiger partial charge >= 0.3 is 12.1 Å². The number of carbonyl (C=O) groups is 1. The average molecular weight is 299 g/mol. The van der Waals surface area contributed by atoms with Crippen LogP contribution in [-0.2, 0) is 18.0 Å². The highest BCUT2D eigenvalue weighted by Gasteiger charge is 2.34. The lowest BCUT2D eigenvalue weighted by Crippen LogP contribution is -2.08. The summed E-state index contributed by atoms with van der Waals surface area (Å²) in [5.41, 5.74) is -0.980. The lowest BCUT2D eigenvalue weighted by molar-refractivity contribution is -0.137. The number of esters is 1. The first-order valence-corrected chi connectivity index (χ1v) is 6.09. The number of hydrogen-bond donors (Lipinski definition) is 0. The first-order valence-electron chi connectivity index (χ1n) is 6.09. The number of alkyl halides is 3. The molecule has 0 aliphatic carbocycles. The Kier molecular flexibility index (Phi) is 3.97. The molecule has 0 atom stereocenters. The van der Waals surface area contributed by atoms with Crippen molar-refractivity contribution in [1.29, 1.82) is 0 Å². The number of rotatable bonds is 3. The van der Waals surface area contributed by atoms with Crippen LogP contribution in [0, 0.1) is 0 Å². The summed E-state index contributed by atoms with van der Waals surface area (Å²) in [7, 11) is 1.41. The minimum atomic E-state index is -4.52. The Balaban J connectivity index is 2.51. The summed E-state index contributed by atoms with van der Waals surface area (Å²) in [6.07, 6.45) is -4.52. The number of aryl methyl sites for hydroxylation is 1. The first-order chi connectivity index (χ1) is 9.84. The van der Waals surface area contributed by atoms with Gasteiger partial charge in [-0.05, 0) is 13.0 Å². The van der Waals surface area contributed by atoms with Crippen molar-refractivity contribution < 1.29 is 22.7 Å². The van der Waals surface area contributed by atoms with Crippen molar-refractivity contribution in [1.82, 2.24) is 14.8 Å². The topological polar surface area (TPSA) is 57.0 Å². The molecule has 0 aliphatic rings. The predicted molar refractivity (Wildman–Crippen MR) is 67.4 cm³/mol. The van der Waals surface area contributed by atoms with Gasteiger partial charge in [-0.15, -0.1) is 5.10 Å². The van der Waals surface area contributed by atoms with Gasteiger partial charge in [0.1, 0.15) is 0 Å². The number of nitrogens with zero attached hydrogens (tertiary/aromatic N) is 3. The minimum absolute atomic E-state index is 0.0500. The van der Waals surface area contributed by atoms with Crippen LogP contribution in [0.2, 0.25) is 0 Å². The summed E-state index contributed by atoms with van der Waals surface area (Å²) in [6.45, 7) is 1.74. The summed E-state index contributed by atoms with van der Waals surface area (Å²) in [5.74, 6) is -1.10. The molecule has 0 N–H and O–H groups in total. The second-order valence-electron chi connectivity index (χ2n) is 4.15. The zero-order chi connectivity index (χ0) is 15.6. The van der Waals surface area contributed by atoms with Crippen LogP contribution in [0.4, 0.5) is 13.2 Å². The molecule has 8 heteroatoms. The molecular formula is C13H12F3N3O2. The van der Waals surface area contributed by atoms with Gasteiger partial charge in [-0.2, -0.15) is 13.2 Å².